The van der Waals surface area contributed by atoms with Gasteiger partial charge in [0.15, 0.2) is 29.9 Å². The average molecular weight is 786 g/mol. The van der Waals surface area contributed by atoms with Crippen LogP contribution in [0.2, 0.25) is 10.0 Å². The topological polar surface area (TPSA) is 100 Å². The zero-order valence-corrected chi connectivity index (χ0v) is 30.6. The summed E-state index contributed by atoms with van der Waals surface area (Å²) in [6.45, 7) is -0.123. The Kier molecular flexibility index (Phi) is 11.8. The number of esters is 2. The molecule has 1 saturated carbocycles. The van der Waals surface area contributed by atoms with Gasteiger partial charge in [0.2, 0.25) is 0 Å². The van der Waals surface area contributed by atoms with Gasteiger partial charge in [-0.25, -0.2) is 19.0 Å². The maximum atomic E-state index is 15.8. The number of carbonyl (C=O) groups excluding carboxylic acids is 2. The van der Waals surface area contributed by atoms with E-state index in [1.165, 1.54) is 42.7 Å². The molecule has 9 nitrogen and oxygen atoms in total. The van der Waals surface area contributed by atoms with Gasteiger partial charge in [-0.2, -0.15) is 8.78 Å². The molecule has 2 bridgehead atoms. The minimum absolute atomic E-state index is 0.0161. The average Bonchev–Trinajstić information content (AvgIpc) is 4.00. The van der Waals surface area contributed by atoms with Crippen molar-refractivity contribution in [2.24, 2.45) is 11.8 Å². The number of fused-ring (bicyclic) bond motifs is 3. The zero-order chi connectivity index (χ0) is 37.8. The summed E-state index contributed by atoms with van der Waals surface area (Å²) in [6.07, 6.45) is 5.57. The zero-order valence-electron chi connectivity index (χ0n) is 29.1. The number of nitrogens with zero attached hydrogens (tertiary/aromatic N) is 1. The van der Waals surface area contributed by atoms with Gasteiger partial charge >= 0.3 is 18.6 Å². The number of benzene rings is 3. The van der Waals surface area contributed by atoms with Gasteiger partial charge in [0.05, 0.1) is 17.9 Å². The molecule has 1 unspecified atom stereocenters. The van der Waals surface area contributed by atoms with Crippen molar-refractivity contribution in [2.75, 3.05) is 31.6 Å². The second kappa shape index (κ2) is 16.9. The molecular weight excluding hydrogens is 746 g/mol. The highest BCUT2D eigenvalue weighted by Crippen LogP contribution is 2.38. The predicted molar refractivity (Wildman–Crippen MR) is 194 cm³/mol. The Morgan fingerprint density at radius 3 is 2.30 bits per heavy atom. The molecule has 0 amide bonds. The van der Waals surface area contributed by atoms with Gasteiger partial charge in [-0.05, 0) is 92.1 Å². The van der Waals surface area contributed by atoms with E-state index in [-0.39, 0.29) is 45.3 Å². The van der Waals surface area contributed by atoms with Crippen molar-refractivity contribution in [3.05, 3.63) is 117 Å². The Bertz CT molecular complexity index is 1940. The Hall–Kier alpha value is -4.52. The van der Waals surface area contributed by atoms with Crippen molar-refractivity contribution in [1.82, 2.24) is 4.90 Å². The SMILES string of the molecule is O=C(O[C@@H](Cc1c(Cl)c[nH+]cc1Cl)c1ccc(OC(F)F)c(OCC2CC2)c1)c1ccc(NC(C(=O)O[C@H]2CN3CCC2CC3)c2ccccc2)c(F)c1. The number of anilines is 1. The molecule has 4 aromatic rings. The Labute approximate surface area is 320 Å². The highest BCUT2D eigenvalue weighted by molar-refractivity contribution is 6.35. The second-order valence-corrected chi connectivity index (χ2v) is 14.7. The fourth-order valence-corrected chi connectivity index (χ4v) is 7.44. The first-order valence-corrected chi connectivity index (χ1v) is 18.7. The van der Waals surface area contributed by atoms with Crippen molar-refractivity contribution in [3.63, 3.8) is 0 Å². The number of hydrogen-bond acceptors (Lipinski definition) is 8. The quantitative estimate of drug-likeness (QED) is 0.120. The van der Waals surface area contributed by atoms with Crippen LogP contribution < -0.4 is 19.8 Å². The minimum Gasteiger partial charge on any atom is -0.489 e. The molecule has 3 saturated heterocycles. The van der Waals surface area contributed by atoms with E-state index in [4.69, 9.17) is 42.1 Å². The van der Waals surface area contributed by atoms with E-state index in [1.54, 1.807) is 24.3 Å². The van der Waals surface area contributed by atoms with Gasteiger partial charge in [0.25, 0.3) is 0 Å². The maximum Gasteiger partial charge on any atom is 0.387 e. The van der Waals surface area contributed by atoms with E-state index >= 15 is 4.39 Å². The number of aromatic nitrogens is 1. The molecule has 4 aliphatic rings. The number of hydrogen-bond donors (Lipinski definition) is 1. The first-order chi connectivity index (χ1) is 26.1. The third-order valence-electron chi connectivity index (χ3n) is 10.1. The number of aromatic amines is 1. The molecule has 1 aromatic heterocycles. The lowest BCUT2D eigenvalue weighted by molar-refractivity contribution is -0.377. The van der Waals surface area contributed by atoms with Crippen LogP contribution in [0, 0.1) is 17.7 Å². The third kappa shape index (κ3) is 9.22. The Balaban J connectivity index is 1.12. The van der Waals surface area contributed by atoms with Crippen LogP contribution in [0.3, 0.4) is 0 Å². The van der Waals surface area contributed by atoms with Gasteiger partial charge in [-0.15, -0.1) is 0 Å². The molecule has 0 radical (unpaired) electrons. The summed E-state index contributed by atoms with van der Waals surface area (Å²) in [5.41, 5.74) is 1.29. The second-order valence-electron chi connectivity index (χ2n) is 13.9. The molecule has 4 fully saturated rings. The summed E-state index contributed by atoms with van der Waals surface area (Å²) in [6, 6.07) is 15.9. The number of halogens is 5. The van der Waals surface area contributed by atoms with Gasteiger partial charge < -0.3 is 24.3 Å². The van der Waals surface area contributed by atoms with Gasteiger partial charge in [-0.1, -0.05) is 59.6 Å². The smallest absolute Gasteiger partial charge is 0.387 e. The van der Waals surface area contributed by atoms with E-state index in [9.17, 15) is 18.4 Å². The molecule has 2 N–H and O–H groups in total. The van der Waals surface area contributed by atoms with Crippen LogP contribution in [-0.2, 0) is 20.7 Å². The first kappa shape index (κ1) is 37.8. The Morgan fingerprint density at radius 1 is 0.907 bits per heavy atom. The number of piperidine rings is 3. The van der Waals surface area contributed by atoms with Crippen LogP contribution in [-0.4, -0.2) is 55.8 Å². The molecule has 3 aliphatic heterocycles. The molecule has 4 heterocycles. The maximum absolute atomic E-state index is 15.8. The van der Waals surface area contributed by atoms with E-state index in [1.807, 2.05) is 6.07 Å². The molecule has 3 aromatic carbocycles. The molecule has 0 spiro atoms. The van der Waals surface area contributed by atoms with Crippen LogP contribution in [0.5, 0.6) is 11.5 Å². The molecular formula is C40H39Cl2F3N3O6+. The fraction of sp³-hybridized carbons (Fsp3) is 0.375. The summed E-state index contributed by atoms with van der Waals surface area (Å²) < 4.78 is 64.9. The lowest BCUT2D eigenvalue weighted by Crippen LogP contribution is -2.52. The minimum atomic E-state index is -3.09. The molecule has 3 atom stereocenters. The fourth-order valence-electron chi connectivity index (χ4n) is 6.90. The summed E-state index contributed by atoms with van der Waals surface area (Å²) in [7, 11) is 0. The van der Waals surface area contributed by atoms with Crippen molar-refractivity contribution < 1.29 is 46.7 Å². The number of ether oxygens (including phenoxy) is 4. The summed E-state index contributed by atoms with van der Waals surface area (Å²) >= 11 is 12.9. The predicted octanol–water partition coefficient (Wildman–Crippen LogP) is 8.27. The third-order valence-corrected chi connectivity index (χ3v) is 10.8. The number of H-pyrrole nitrogens is 1. The lowest BCUT2D eigenvalue weighted by Gasteiger charge is -2.44. The van der Waals surface area contributed by atoms with Crippen LogP contribution in [0.25, 0.3) is 0 Å². The highest BCUT2D eigenvalue weighted by atomic mass is 35.5. The molecule has 284 valence electrons. The van der Waals surface area contributed by atoms with Crippen LogP contribution in [0.4, 0.5) is 18.9 Å². The number of pyridine rings is 1. The summed E-state index contributed by atoms with van der Waals surface area (Å²) in [5.74, 6) is -1.71. The summed E-state index contributed by atoms with van der Waals surface area (Å²) in [4.78, 5) is 32.4. The number of alkyl halides is 2. The summed E-state index contributed by atoms with van der Waals surface area (Å²) in [5, 5.41) is 3.54. The number of rotatable bonds is 15. The van der Waals surface area contributed by atoms with Crippen LogP contribution in [0.15, 0.2) is 79.1 Å². The van der Waals surface area contributed by atoms with Gasteiger partial charge in [-0.3, -0.25) is 4.90 Å². The van der Waals surface area contributed by atoms with E-state index < -0.39 is 36.5 Å². The van der Waals surface area contributed by atoms with Gasteiger partial charge in [0, 0.05) is 18.5 Å². The van der Waals surface area contributed by atoms with Crippen molar-refractivity contribution in [1.29, 1.82) is 0 Å². The molecule has 54 heavy (non-hydrogen) atoms. The monoisotopic (exact) mass is 784 g/mol. The molecule has 1 aliphatic carbocycles. The van der Waals surface area contributed by atoms with Gasteiger partial charge in [0.1, 0.15) is 28.1 Å². The first-order valence-electron chi connectivity index (χ1n) is 17.9. The molecule has 14 heteroatoms. The Morgan fingerprint density at radius 2 is 1.65 bits per heavy atom. The molecule has 8 rings (SSSR count). The van der Waals surface area contributed by atoms with E-state index in [0.717, 1.165) is 44.8 Å². The largest absolute Gasteiger partial charge is 0.489 e. The lowest BCUT2D eigenvalue weighted by atomic mass is 9.86. The van der Waals surface area contributed by atoms with E-state index in [0.29, 0.717) is 41.7 Å². The highest BCUT2D eigenvalue weighted by Gasteiger charge is 2.38. The number of carbonyl (C=O) groups is 2. The van der Waals surface area contributed by atoms with Crippen LogP contribution in [0.1, 0.15) is 64.9 Å². The van der Waals surface area contributed by atoms with Crippen molar-refractivity contribution in [3.8, 4) is 11.5 Å². The van der Waals surface area contributed by atoms with Crippen molar-refractivity contribution in [2.45, 2.75) is 57.0 Å². The normalized spacial score (nSPS) is 20.2. The van der Waals surface area contributed by atoms with E-state index in [2.05, 4.69) is 15.2 Å². The van der Waals surface area contributed by atoms with Crippen molar-refractivity contribution >= 4 is 40.8 Å². The standard InChI is InChI=1S/C40H38Cl2F3N3O6/c41-29-19-46-20-30(42)28(29)18-34(26-9-11-33(54-40(44)45)35(17-26)51-22-23-6-7-23)52-38(49)27-8-10-32(31(43)16-27)47-37(25-4-2-1-3-5-25)39(50)53-36-21-48-14-12-24(36)13-15-48/h1-5,8-11,16-17,19-20,23-24,34,36-37,40,47H,6-7,12-15,18,21-22H2/p+1/t34-,36-,37?/m0/s1. The number of nitrogens with one attached hydrogen (secondary N) is 2. The van der Waals surface area contributed by atoms with Crippen LogP contribution >= 0.6 is 23.2 Å².